The molecule has 4 atom stereocenters. The molecule has 0 aromatic heterocycles. The first-order valence-electron chi connectivity index (χ1n) is 8.09. The highest BCUT2D eigenvalue weighted by atomic mass is 19.1. The van der Waals surface area contributed by atoms with Crippen LogP contribution in [-0.4, -0.2) is 36.2 Å². The molecule has 0 amide bonds. The lowest BCUT2D eigenvalue weighted by molar-refractivity contribution is -0.0767. The predicted molar refractivity (Wildman–Crippen MR) is 81.5 cm³/mol. The van der Waals surface area contributed by atoms with Gasteiger partial charge >= 0.3 is 0 Å². The largest absolute Gasteiger partial charge is 0.375 e. The number of rotatable bonds is 4. The molecule has 3 rings (SSSR count). The van der Waals surface area contributed by atoms with Gasteiger partial charge in [-0.05, 0) is 31.7 Å². The van der Waals surface area contributed by atoms with Gasteiger partial charge in [-0.1, -0.05) is 25.1 Å². The average Bonchev–Trinajstić information content (AvgIpc) is 2.98. The Morgan fingerprint density at radius 1 is 1.38 bits per heavy atom. The van der Waals surface area contributed by atoms with E-state index in [1.54, 1.807) is 6.07 Å². The van der Waals surface area contributed by atoms with Crippen LogP contribution in [0.5, 0.6) is 0 Å². The molecular weight excluding hydrogens is 267 g/mol. The van der Waals surface area contributed by atoms with Gasteiger partial charge in [0.05, 0.1) is 18.8 Å². The summed E-state index contributed by atoms with van der Waals surface area (Å²) >= 11 is 0. The van der Waals surface area contributed by atoms with Crippen LogP contribution in [0.15, 0.2) is 24.3 Å². The zero-order valence-electron chi connectivity index (χ0n) is 12.7. The lowest BCUT2D eigenvalue weighted by Gasteiger charge is -2.44. The van der Waals surface area contributed by atoms with E-state index >= 15 is 0 Å². The summed E-state index contributed by atoms with van der Waals surface area (Å²) in [5.74, 6) is -0.146. The standard InChI is InChI=1S/C17H25FN2O/c1-2-14(19)17(12-6-3-4-7-13(12)18)20-10-11-21-16-9-5-8-15(16)20/h3-4,6-7,14-17H,2,5,8-11,19H2,1H3. The van der Waals surface area contributed by atoms with Crippen LogP contribution in [0.3, 0.4) is 0 Å². The SMILES string of the molecule is CCC(N)C(c1ccccc1F)N1CCOC2CCCC21. The van der Waals surface area contributed by atoms with Gasteiger partial charge in [-0.3, -0.25) is 4.90 Å². The van der Waals surface area contributed by atoms with Gasteiger partial charge in [0.25, 0.3) is 0 Å². The Morgan fingerprint density at radius 3 is 2.95 bits per heavy atom. The minimum atomic E-state index is -0.146. The van der Waals surface area contributed by atoms with E-state index in [2.05, 4.69) is 11.8 Å². The number of hydrogen-bond acceptors (Lipinski definition) is 3. The molecule has 1 heterocycles. The number of nitrogens with zero attached hydrogens (tertiary/aromatic N) is 1. The molecule has 4 heteroatoms. The molecule has 1 aromatic carbocycles. The summed E-state index contributed by atoms with van der Waals surface area (Å²) in [7, 11) is 0. The van der Waals surface area contributed by atoms with Crippen LogP contribution in [0.2, 0.25) is 0 Å². The number of morpholine rings is 1. The van der Waals surface area contributed by atoms with Crippen molar-refractivity contribution in [3.63, 3.8) is 0 Å². The summed E-state index contributed by atoms with van der Waals surface area (Å²) in [5, 5.41) is 0. The van der Waals surface area contributed by atoms with Crippen LogP contribution in [0.1, 0.15) is 44.2 Å². The number of ether oxygens (including phenoxy) is 1. The van der Waals surface area contributed by atoms with Crippen LogP contribution in [0.25, 0.3) is 0 Å². The third-order valence-electron chi connectivity index (χ3n) is 4.98. The molecule has 0 radical (unpaired) electrons. The van der Waals surface area contributed by atoms with Gasteiger partial charge in [-0.2, -0.15) is 0 Å². The van der Waals surface area contributed by atoms with Crippen molar-refractivity contribution >= 4 is 0 Å². The maximum Gasteiger partial charge on any atom is 0.128 e. The fourth-order valence-corrected chi connectivity index (χ4v) is 3.89. The van der Waals surface area contributed by atoms with E-state index in [0.29, 0.717) is 12.1 Å². The Bertz CT molecular complexity index is 482. The third-order valence-corrected chi connectivity index (χ3v) is 4.98. The molecule has 0 spiro atoms. The first kappa shape index (κ1) is 14.9. The van der Waals surface area contributed by atoms with Crippen LogP contribution in [0.4, 0.5) is 4.39 Å². The molecule has 2 aliphatic rings. The smallest absolute Gasteiger partial charge is 0.128 e. The van der Waals surface area contributed by atoms with Crippen molar-refractivity contribution in [3.8, 4) is 0 Å². The van der Waals surface area contributed by atoms with Crippen molar-refractivity contribution in [1.82, 2.24) is 4.90 Å². The quantitative estimate of drug-likeness (QED) is 0.927. The van der Waals surface area contributed by atoms with Crippen molar-refractivity contribution < 1.29 is 9.13 Å². The van der Waals surface area contributed by atoms with E-state index in [1.807, 2.05) is 12.1 Å². The normalized spacial score (nSPS) is 29.1. The van der Waals surface area contributed by atoms with Crippen molar-refractivity contribution in [3.05, 3.63) is 35.6 Å². The second kappa shape index (κ2) is 6.42. The molecule has 0 bridgehead atoms. The Morgan fingerprint density at radius 2 is 2.19 bits per heavy atom. The minimum Gasteiger partial charge on any atom is -0.375 e. The average molecular weight is 292 g/mol. The molecule has 4 unspecified atom stereocenters. The van der Waals surface area contributed by atoms with Gasteiger partial charge in [-0.15, -0.1) is 0 Å². The zero-order chi connectivity index (χ0) is 14.8. The summed E-state index contributed by atoms with van der Waals surface area (Å²) < 4.78 is 20.2. The van der Waals surface area contributed by atoms with E-state index in [-0.39, 0.29) is 17.9 Å². The van der Waals surface area contributed by atoms with Crippen molar-refractivity contribution in [1.29, 1.82) is 0 Å². The third kappa shape index (κ3) is 2.85. The van der Waals surface area contributed by atoms with Crippen LogP contribution < -0.4 is 5.73 Å². The van der Waals surface area contributed by atoms with Gasteiger partial charge in [0.1, 0.15) is 5.82 Å². The number of halogens is 1. The Kier molecular flexibility index (Phi) is 4.57. The van der Waals surface area contributed by atoms with Crippen molar-refractivity contribution in [2.24, 2.45) is 5.73 Å². The molecule has 1 aliphatic heterocycles. The molecule has 21 heavy (non-hydrogen) atoms. The predicted octanol–water partition coefficient (Wildman–Crippen LogP) is 2.86. The van der Waals surface area contributed by atoms with E-state index in [9.17, 15) is 4.39 Å². The summed E-state index contributed by atoms with van der Waals surface area (Å²) in [4.78, 5) is 2.41. The lowest BCUT2D eigenvalue weighted by Crippen LogP contribution is -2.54. The Balaban J connectivity index is 1.94. The highest BCUT2D eigenvalue weighted by Gasteiger charge is 2.41. The zero-order valence-corrected chi connectivity index (χ0v) is 12.7. The number of hydrogen-bond donors (Lipinski definition) is 1. The number of fused-ring (bicyclic) bond motifs is 1. The van der Waals surface area contributed by atoms with E-state index in [4.69, 9.17) is 10.5 Å². The molecule has 2 N–H and O–H groups in total. The van der Waals surface area contributed by atoms with E-state index in [0.717, 1.165) is 38.0 Å². The first-order valence-corrected chi connectivity index (χ1v) is 8.09. The maximum absolute atomic E-state index is 14.3. The van der Waals surface area contributed by atoms with Gasteiger partial charge in [0, 0.05) is 24.2 Å². The monoisotopic (exact) mass is 292 g/mol. The fraction of sp³-hybridized carbons (Fsp3) is 0.647. The minimum absolute atomic E-state index is 0.0503. The summed E-state index contributed by atoms with van der Waals surface area (Å²) in [5.41, 5.74) is 7.12. The summed E-state index contributed by atoms with van der Waals surface area (Å²) in [6.07, 6.45) is 4.58. The van der Waals surface area contributed by atoms with Crippen molar-refractivity contribution in [2.75, 3.05) is 13.2 Å². The highest BCUT2D eigenvalue weighted by Crippen LogP contribution is 2.37. The molecule has 3 nitrogen and oxygen atoms in total. The number of nitrogens with two attached hydrogens (primary N) is 1. The van der Waals surface area contributed by atoms with Gasteiger partial charge in [0.2, 0.25) is 0 Å². The molecule has 1 aliphatic carbocycles. The summed E-state index contributed by atoms with van der Waals surface area (Å²) in [6, 6.07) is 7.35. The first-order chi connectivity index (χ1) is 10.2. The van der Waals surface area contributed by atoms with E-state index in [1.165, 1.54) is 12.5 Å². The highest BCUT2D eigenvalue weighted by molar-refractivity contribution is 5.23. The molecule has 1 saturated carbocycles. The molecular formula is C17H25FN2O. The fourth-order valence-electron chi connectivity index (χ4n) is 3.89. The van der Waals surface area contributed by atoms with Gasteiger partial charge in [0.15, 0.2) is 0 Å². The molecule has 2 fully saturated rings. The van der Waals surface area contributed by atoms with Crippen LogP contribution in [0, 0.1) is 5.82 Å². The summed E-state index contributed by atoms with van der Waals surface area (Å²) in [6.45, 7) is 3.64. The maximum atomic E-state index is 14.3. The van der Waals surface area contributed by atoms with Crippen LogP contribution >= 0.6 is 0 Å². The molecule has 1 aromatic rings. The van der Waals surface area contributed by atoms with Crippen LogP contribution in [-0.2, 0) is 4.74 Å². The van der Waals surface area contributed by atoms with Gasteiger partial charge < -0.3 is 10.5 Å². The lowest BCUT2D eigenvalue weighted by atomic mass is 9.93. The van der Waals surface area contributed by atoms with E-state index < -0.39 is 0 Å². The second-order valence-electron chi connectivity index (χ2n) is 6.18. The second-order valence-corrected chi connectivity index (χ2v) is 6.18. The molecule has 1 saturated heterocycles. The molecule has 116 valence electrons. The van der Waals surface area contributed by atoms with Gasteiger partial charge in [-0.25, -0.2) is 4.39 Å². The topological polar surface area (TPSA) is 38.5 Å². The van der Waals surface area contributed by atoms with Crippen molar-refractivity contribution in [2.45, 2.75) is 56.8 Å². The Hall–Kier alpha value is -0.970. The Labute approximate surface area is 126 Å². The number of benzene rings is 1.